The van der Waals surface area contributed by atoms with Gasteiger partial charge in [0.25, 0.3) is 0 Å². The average molecular weight is 293 g/mol. The quantitative estimate of drug-likeness (QED) is 0.770. The third-order valence-corrected chi connectivity index (χ3v) is 3.08. The van der Waals surface area contributed by atoms with E-state index in [-0.39, 0.29) is 6.01 Å². The van der Waals surface area contributed by atoms with Crippen LogP contribution in [0.2, 0.25) is 0 Å². The molecule has 0 bridgehead atoms. The molecule has 0 radical (unpaired) electrons. The summed E-state index contributed by atoms with van der Waals surface area (Å²) < 4.78 is 5.55. The van der Waals surface area contributed by atoms with Crippen molar-refractivity contribution in [2.24, 2.45) is 0 Å². The minimum Gasteiger partial charge on any atom is -0.424 e. The molecule has 2 aromatic heterocycles. The van der Waals surface area contributed by atoms with E-state index in [9.17, 15) is 0 Å². The fourth-order valence-electron chi connectivity index (χ4n) is 2.00. The van der Waals surface area contributed by atoms with Gasteiger partial charge >= 0.3 is 6.01 Å². The summed E-state index contributed by atoms with van der Waals surface area (Å²) in [5.41, 5.74) is 14.9. The van der Waals surface area contributed by atoms with Crippen LogP contribution in [0.3, 0.4) is 0 Å². The number of pyridine rings is 1. The van der Waals surface area contributed by atoms with E-state index in [2.05, 4.69) is 15.0 Å². The molecule has 0 unspecified atom stereocenters. The highest BCUT2D eigenvalue weighted by atomic mass is 16.5. The Bertz CT molecular complexity index is 785. The second-order valence-corrected chi connectivity index (χ2v) is 4.87. The number of aryl methyl sites for hydroxylation is 1. The van der Waals surface area contributed by atoms with Crippen molar-refractivity contribution in [2.75, 3.05) is 11.5 Å². The average Bonchev–Trinajstić information content (AvgIpc) is 2.53. The number of rotatable bonds is 3. The van der Waals surface area contributed by atoms with Gasteiger partial charge in [0.2, 0.25) is 0 Å². The van der Waals surface area contributed by atoms with Crippen LogP contribution in [0.1, 0.15) is 5.56 Å². The molecule has 4 N–H and O–H groups in total. The Morgan fingerprint density at radius 2 is 1.59 bits per heavy atom. The Kier molecular flexibility index (Phi) is 3.57. The highest BCUT2D eigenvalue weighted by Gasteiger charge is 2.06. The number of hydrogen-bond acceptors (Lipinski definition) is 6. The van der Waals surface area contributed by atoms with Gasteiger partial charge in [-0.2, -0.15) is 0 Å². The molecule has 6 nitrogen and oxygen atoms in total. The van der Waals surface area contributed by atoms with Crippen molar-refractivity contribution in [2.45, 2.75) is 6.92 Å². The Morgan fingerprint density at radius 1 is 0.909 bits per heavy atom. The van der Waals surface area contributed by atoms with Gasteiger partial charge in [0.1, 0.15) is 11.6 Å². The molecule has 22 heavy (non-hydrogen) atoms. The monoisotopic (exact) mass is 293 g/mol. The van der Waals surface area contributed by atoms with E-state index >= 15 is 0 Å². The highest BCUT2D eigenvalue weighted by molar-refractivity contribution is 5.74. The van der Waals surface area contributed by atoms with Crippen molar-refractivity contribution in [1.29, 1.82) is 0 Å². The van der Waals surface area contributed by atoms with Crippen LogP contribution in [-0.2, 0) is 0 Å². The van der Waals surface area contributed by atoms with Gasteiger partial charge in [-0.15, -0.1) is 0 Å². The SMILES string of the molecule is Cc1cnc(N)c(-c2ccc(Oc3ncc(N)cn3)cc2)c1. The first-order valence-electron chi connectivity index (χ1n) is 6.70. The minimum absolute atomic E-state index is 0.249. The molecule has 3 aromatic rings. The molecule has 3 rings (SSSR count). The molecular weight excluding hydrogens is 278 g/mol. The van der Waals surface area contributed by atoms with E-state index in [1.807, 2.05) is 37.3 Å². The van der Waals surface area contributed by atoms with Crippen molar-refractivity contribution in [3.63, 3.8) is 0 Å². The maximum atomic E-state index is 5.92. The maximum absolute atomic E-state index is 5.92. The zero-order valence-corrected chi connectivity index (χ0v) is 12.0. The van der Waals surface area contributed by atoms with Crippen LogP contribution in [-0.4, -0.2) is 15.0 Å². The number of ether oxygens (including phenoxy) is 1. The largest absolute Gasteiger partial charge is 0.424 e. The van der Waals surface area contributed by atoms with E-state index in [1.165, 1.54) is 12.4 Å². The lowest BCUT2D eigenvalue weighted by Crippen LogP contribution is -1.95. The summed E-state index contributed by atoms with van der Waals surface area (Å²) >= 11 is 0. The second-order valence-electron chi connectivity index (χ2n) is 4.87. The van der Waals surface area contributed by atoms with Crippen LogP contribution in [0, 0.1) is 6.92 Å². The molecule has 0 spiro atoms. The predicted molar refractivity (Wildman–Crippen MR) is 85.3 cm³/mol. The van der Waals surface area contributed by atoms with Crippen molar-refractivity contribution in [3.05, 3.63) is 54.5 Å². The molecule has 1 aromatic carbocycles. The number of nitrogen functional groups attached to an aromatic ring is 2. The van der Waals surface area contributed by atoms with Crippen LogP contribution < -0.4 is 16.2 Å². The molecule has 0 saturated heterocycles. The summed E-state index contributed by atoms with van der Waals surface area (Å²) in [4.78, 5) is 12.2. The van der Waals surface area contributed by atoms with Gasteiger partial charge in [0, 0.05) is 11.8 Å². The summed E-state index contributed by atoms with van der Waals surface area (Å²) in [7, 11) is 0. The zero-order valence-electron chi connectivity index (χ0n) is 12.0. The molecule has 0 amide bonds. The first-order chi connectivity index (χ1) is 10.6. The van der Waals surface area contributed by atoms with Gasteiger partial charge in [-0.3, -0.25) is 0 Å². The van der Waals surface area contributed by atoms with Crippen molar-refractivity contribution < 1.29 is 4.74 Å². The van der Waals surface area contributed by atoms with Gasteiger partial charge < -0.3 is 16.2 Å². The third-order valence-electron chi connectivity index (χ3n) is 3.08. The van der Waals surface area contributed by atoms with Gasteiger partial charge in [-0.05, 0) is 36.2 Å². The maximum Gasteiger partial charge on any atom is 0.322 e. The van der Waals surface area contributed by atoms with Gasteiger partial charge in [0.15, 0.2) is 0 Å². The van der Waals surface area contributed by atoms with Crippen molar-refractivity contribution >= 4 is 11.5 Å². The Morgan fingerprint density at radius 3 is 2.27 bits per heavy atom. The van der Waals surface area contributed by atoms with Crippen molar-refractivity contribution in [3.8, 4) is 22.9 Å². The molecule has 0 aliphatic heterocycles. The number of benzene rings is 1. The molecule has 0 atom stereocenters. The number of hydrogen-bond donors (Lipinski definition) is 2. The number of anilines is 2. The first-order valence-corrected chi connectivity index (χ1v) is 6.70. The Labute approximate surface area is 127 Å². The second kappa shape index (κ2) is 5.69. The Balaban J connectivity index is 1.83. The standard InChI is InChI=1S/C16H15N5O/c1-10-6-14(15(18)19-7-10)11-2-4-13(5-3-11)22-16-20-8-12(17)9-21-16/h2-9H,17H2,1H3,(H2,18,19). The molecule has 0 fully saturated rings. The third kappa shape index (κ3) is 2.95. The lowest BCUT2D eigenvalue weighted by molar-refractivity contribution is 0.442. The summed E-state index contributed by atoms with van der Waals surface area (Å²) in [6, 6.07) is 9.74. The van der Waals surface area contributed by atoms with E-state index < -0.39 is 0 Å². The summed E-state index contributed by atoms with van der Waals surface area (Å²) in [5.74, 6) is 1.13. The molecular formula is C16H15N5O. The first kappa shape index (κ1) is 13.8. The van der Waals surface area contributed by atoms with Crippen LogP contribution in [0.15, 0.2) is 48.9 Å². The smallest absolute Gasteiger partial charge is 0.322 e. The van der Waals surface area contributed by atoms with E-state index in [0.29, 0.717) is 17.3 Å². The van der Waals surface area contributed by atoms with E-state index in [4.69, 9.17) is 16.2 Å². The lowest BCUT2D eigenvalue weighted by Gasteiger charge is -2.08. The van der Waals surface area contributed by atoms with Crippen LogP contribution in [0.4, 0.5) is 11.5 Å². The number of aromatic nitrogens is 3. The van der Waals surface area contributed by atoms with Crippen LogP contribution in [0.5, 0.6) is 11.8 Å². The molecule has 0 saturated carbocycles. The van der Waals surface area contributed by atoms with Crippen LogP contribution >= 0.6 is 0 Å². The van der Waals surface area contributed by atoms with Gasteiger partial charge in [0.05, 0.1) is 18.1 Å². The predicted octanol–water partition coefficient (Wildman–Crippen LogP) is 2.80. The van der Waals surface area contributed by atoms with E-state index in [0.717, 1.165) is 16.7 Å². The van der Waals surface area contributed by atoms with Gasteiger partial charge in [-0.25, -0.2) is 15.0 Å². The highest BCUT2D eigenvalue weighted by Crippen LogP contribution is 2.28. The summed E-state index contributed by atoms with van der Waals surface area (Å²) in [5, 5.41) is 0. The summed E-state index contributed by atoms with van der Waals surface area (Å²) in [6.07, 6.45) is 4.74. The molecule has 0 aliphatic rings. The summed E-state index contributed by atoms with van der Waals surface area (Å²) in [6.45, 7) is 1.98. The van der Waals surface area contributed by atoms with Gasteiger partial charge in [-0.1, -0.05) is 12.1 Å². The topological polar surface area (TPSA) is 99.9 Å². The normalized spacial score (nSPS) is 10.4. The fourth-order valence-corrected chi connectivity index (χ4v) is 2.00. The minimum atomic E-state index is 0.249. The number of nitrogens with zero attached hydrogens (tertiary/aromatic N) is 3. The fraction of sp³-hybridized carbons (Fsp3) is 0.0625. The van der Waals surface area contributed by atoms with Crippen LogP contribution in [0.25, 0.3) is 11.1 Å². The van der Waals surface area contributed by atoms with Crippen molar-refractivity contribution in [1.82, 2.24) is 15.0 Å². The molecule has 110 valence electrons. The molecule has 2 heterocycles. The molecule has 0 aliphatic carbocycles. The Hall–Kier alpha value is -3.15. The van der Waals surface area contributed by atoms with E-state index in [1.54, 1.807) is 6.20 Å². The zero-order chi connectivity index (χ0) is 15.5. The molecule has 6 heteroatoms. The number of nitrogens with two attached hydrogens (primary N) is 2. The lowest BCUT2D eigenvalue weighted by atomic mass is 10.1.